The van der Waals surface area contributed by atoms with Crippen LogP contribution in [0.15, 0.2) is 59.1 Å². The summed E-state index contributed by atoms with van der Waals surface area (Å²) < 4.78 is 56.8. The molecule has 8 heteroatoms. The lowest BCUT2D eigenvalue weighted by Crippen LogP contribution is -2.23. The van der Waals surface area contributed by atoms with Crippen molar-refractivity contribution in [2.24, 2.45) is 0 Å². The van der Waals surface area contributed by atoms with Crippen molar-refractivity contribution in [2.75, 3.05) is 0 Å². The molecule has 1 heterocycles. The van der Waals surface area contributed by atoms with Gasteiger partial charge in [-0.3, -0.25) is 4.79 Å². The zero-order valence-corrected chi connectivity index (χ0v) is 14.6. The maximum Gasteiger partial charge on any atom is 0.416 e. The number of carbonyl (C=O) groups is 1. The lowest BCUT2D eigenvalue weighted by molar-refractivity contribution is -0.137. The third kappa shape index (κ3) is 4.97. The van der Waals surface area contributed by atoms with Gasteiger partial charge < -0.3 is 9.73 Å². The largest absolute Gasteiger partial charge is 0.441 e. The van der Waals surface area contributed by atoms with Crippen LogP contribution in [0.3, 0.4) is 0 Å². The van der Waals surface area contributed by atoms with Gasteiger partial charge in [0.25, 0.3) is 0 Å². The number of halogens is 4. The van der Waals surface area contributed by atoms with E-state index in [0.29, 0.717) is 11.5 Å². The van der Waals surface area contributed by atoms with Crippen molar-refractivity contribution in [3.63, 3.8) is 0 Å². The maximum absolute atomic E-state index is 13.7. The van der Waals surface area contributed by atoms with Gasteiger partial charge in [0.05, 0.1) is 17.3 Å². The average molecular weight is 392 g/mol. The van der Waals surface area contributed by atoms with Gasteiger partial charge in [0.15, 0.2) is 11.7 Å². The molecule has 0 aliphatic carbocycles. The van der Waals surface area contributed by atoms with Gasteiger partial charge in [-0.05, 0) is 29.8 Å². The van der Waals surface area contributed by atoms with Gasteiger partial charge in [0.2, 0.25) is 5.91 Å². The van der Waals surface area contributed by atoms with Crippen LogP contribution in [0, 0.1) is 5.82 Å². The number of rotatable bonds is 6. The summed E-state index contributed by atoms with van der Waals surface area (Å²) in [6, 6.07) is 10.7. The molecule has 0 bridgehead atoms. The first-order valence-corrected chi connectivity index (χ1v) is 8.45. The van der Waals surface area contributed by atoms with Crippen LogP contribution in [0.2, 0.25) is 0 Å². The molecule has 28 heavy (non-hydrogen) atoms. The van der Waals surface area contributed by atoms with Crippen LogP contribution < -0.4 is 5.32 Å². The minimum atomic E-state index is -4.39. The van der Waals surface area contributed by atoms with Crippen LogP contribution in [-0.4, -0.2) is 10.9 Å². The third-order valence-electron chi connectivity index (χ3n) is 4.03. The summed E-state index contributed by atoms with van der Waals surface area (Å²) in [5, 5.41) is 2.63. The molecule has 1 N–H and O–H groups in total. The highest BCUT2D eigenvalue weighted by molar-refractivity contribution is 5.76. The van der Waals surface area contributed by atoms with Crippen molar-refractivity contribution in [1.29, 1.82) is 0 Å². The Hall–Kier alpha value is -3.16. The smallest absolute Gasteiger partial charge is 0.416 e. The zero-order valence-electron chi connectivity index (χ0n) is 14.6. The number of hydrogen-bond donors (Lipinski definition) is 1. The number of amides is 1. The number of alkyl halides is 3. The Bertz CT molecular complexity index is 949. The second-order valence-electron chi connectivity index (χ2n) is 6.07. The molecule has 0 atom stereocenters. The Labute approximate surface area is 158 Å². The van der Waals surface area contributed by atoms with Crippen molar-refractivity contribution in [1.82, 2.24) is 10.3 Å². The number of nitrogens with one attached hydrogen (secondary N) is 1. The van der Waals surface area contributed by atoms with Crippen LogP contribution in [0.4, 0.5) is 17.6 Å². The van der Waals surface area contributed by atoms with E-state index in [1.54, 1.807) is 18.2 Å². The van der Waals surface area contributed by atoms with E-state index in [1.165, 1.54) is 24.4 Å². The summed E-state index contributed by atoms with van der Waals surface area (Å²) in [4.78, 5) is 16.0. The molecule has 1 amide bonds. The predicted octanol–water partition coefficient (Wildman–Crippen LogP) is 4.75. The average Bonchev–Trinajstić information content (AvgIpc) is 3.13. The van der Waals surface area contributed by atoms with Gasteiger partial charge in [-0.2, -0.15) is 13.2 Å². The van der Waals surface area contributed by atoms with Crippen molar-refractivity contribution >= 4 is 5.91 Å². The summed E-state index contributed by atoms with van der Waals surface area (Å²) in [6.45, 7) is 0.114. The number of hydrogen-bond acceptors (Lipinski definition) is 3. The molecule has 0 aliphatic heterocycles. The number of benzene rings is 2. The van der Waals surface area contributed by atoms with Crippen molar-refractivity contribution in [2.45, 2.75) is 25.6 Å². The molecule has 4 nitrogen and oxygen atoms in total. The van der Waals surface area contributed by atoms with Gasteiger partial charge >= 0.3 is 6.18 Å². The van der Waals surface area contributed by atoms with Gasteiger partial charge in [-0.15, -0.1) is 0 Å². The van der Waals surface area contributed by atoms with Gasteiger partial charge in [0.1, 0.15) is 5.82 Å². The van der Waals surface area contributed by atoms with E-state index >= 15 is 0 Å². The highest BCUT2D eigenvalue weighted by Gasteiger charge is 2.29. The number of nitrogens with zero attached hydrogens (tertiary/aromatic N) is 1. The van der Waals surface area contributed by atoms with Crippen LogP contribution in [0.25, 0.3) is 11.3 Å². The Morgan fingerprint density at radius 3 is 2.46 bits per heavy atom. The molecule has 0 saturated heterocycles. The summed E-state index contributed by atoms with van der Waals surface area (Å²) in [5.74, 6) is -0.161. The fraction of sp³-hybridized carbons (Fsp3) is 0.200. The molecule has 0 radical (unpaired) electrons. The number of oxazole rings is 1. The van der Waals surface area contributed by atoms with E-state index in [-0.39, 0.29) is 36.6 Å². The van der Waals surface area contributed by atoms with Gasteiger partial charge in [0, 0.05) is 19.4 Å². The Balaban J connectivity index is 1.49. The van der Waals surface area contributed by atoms with Gasteiger partial charge in [-0.25, -0.2) is 9.37 Å². The second-order valence-corrected chi connectivity index (χ2v) is 6.07. The molecule has 0 spiro atoms. The Morgan fingerprint density at radius 1 is 1.07 bits per heavy atom. The Kier molecular flexibility index (Phi) is 5.77. The van der Waals surface area contributed by atoms with E-state index in [4.69, 9.17) is 4.42 Å². The molecule has 146 valence electrons. The predicted molar refractivity (Wildman–Crippen MR) is 93.5 cm³/mol. The van der Waals surface area contributed by atoms with Crippen molar-refractivity contribution in [3.05, 3.63) is 77.6 Å². The monoisotopic (exact) mass is 392 g/mol. The van der Waals surface area contributed by atoms with Crippen molar-refractivity contribution < 1.29 is 26.8 Å². The standard InChI is InChI=1S/C20H16F4N2O2/c21-16-4-2-1-3-15(16)17-12-26-19(28-17)10-9-18(27)25-11-13-5-7-14(8-6-13)20(22,23)24/h1-8,12H,9-11H2,(H,25,27). The Morgan fingerprint density at radius 2 is 1.79 bits per heavy atom. The summed E-state index contributed by atoms with van der Waals surface area (Å²) >= 11 is 0. The molecule has 0 aliphatic rings. The van der Waals surface area contributed by atoms with Crippen molar-refractivity contribution in [3.8, 4) is 11.3 Å². The number of aryl methyl sites for hydroxylation is 1. The first-order chi connectivity index (χ1) is 13.3. The fourth-order valence-electron chi connectivity index (χ4n) is 2.53. The van der Waals surface area contributed by atoms with Crippen LogP contribution in [-0.2, 0) is 23.9 Å². The van der Waals surface area contributed by atoms with E-state index in [2.05, 4.69) is 10.3 Å². The van der Waals surface area contributed by atoms with Crippen LogP contribution >= 0.6 is 0 Å². The molecule has 0 fully saturated rings. The van der Waals surface area contributed by atoms with Gasteiger partial charge in [-0.1, -0.05) is 24.3 Å². The van der Waals surface area contributed by atoms with E-state index in [9.17, 15) is 22.4 Å². The number of carbonyl (C=O) groups excluding carboxylic acids is 1. The molecule has 0 unspecified atom stereocenters. The van der Waals surface area contributed by atoms with Crippen LogP contribution in [0.5, 0.6) is 0 Å². The first kappa shape index (κ1) is 19.6. The third-order valence-corrected chi connectivity index (χ3v) is 4.03. The minimum Gasteiger partial charge on any atom is -0.441 e. The molecular weight excluding hydrogens is 376 g/mol. The molecule has 3 aromatic rings. The SMILES string of the molecule is O=C(CCc1ncc(-c2ccccc2F)o1)NCc1ccc(C(F)(F)F)cc1. The van der Waals surface area contributed by atoms with E-state index in [0.717, 1.165) is 12.1 Å². The highest BCUT2D eigenvalue weighted by Crippen LogP contribution is 2.29. The maximum atomic E-state index is 13.7. The lowest BCUT2D eigenvalue weighted by Gasteiger charge is -2.08. The topological polar surface area (TPSA) is 55.1 Å². The molecule has 2 aromatic carbocycles. The molecular formula is C20H16F4N2O2. The van der Waals surface area contributed by atoms with E-state index < -0.39 is 17.6 Å². The summed E-state index contributed by atoms with van der Waals surface area (Å²) in [7, 11) is 0. The first-order valence-electron chi connectivity index (χ1n) is 8.45. The highest BCUT2D eigenvalue weighted by atomic mass is 19.4. The van der Waals surface area contributed by atoms with Crippen LogP contribution in [0.1, 0.15) is 23.4 Å². The summed E-state index contributed by atoms with van der Waals surface area (Å²) in [6.07, 6.45) is -2.70. The normalized spacial score (nSPS) is 11.4. The molecule has 0 saturated carbocycles. The van der Waals surface area contributed by atoms with E-state index in [1.807, 2.05) is 0 Å². The fourth-order valence-corrected chi connectivity index (χ4v) is 2.53. The summed E-state index contributed by atoms with van der Waals surface area (Å²) in [5.41, 5.74) is 0.101. The minimum absolute atomic E-state index is 0.0812. The molecule has 1 aromatic heterocycles. The zero-order chi connectivity index (χ0) is 20.1. The second kappa shape index (κ2) is 8.24. The quantitative estimate of drug-likeness (QED) is 0.616. The molecule has 3 rings (SSSR count). The number of aromatic nitrogens is 1. The lowest BCUT2D eigenvalue weighted by atomic mass is 10.1.